The summed E-state index contributed by atoms with van der Waals surface area (Å²) >= 11 is 0. The number of ether oxygens (including phenoxy) is 1. The second kappa shape index (κ2) is 12.4. The lowest BCUT2D eigenvalue weighted by molar-refractivity contribution is -0.120. The summed E-state index contributed by atoms with van der Waals surface area (Å²) in [6.07, 6.45) is 5.03. The molecule has 0 aliphatic carbocycles. The molecule has 0 unspecified atom stereocenters. The van der Waals surface area contributed by atoms with Crippen molar-refractivity contribution in [3.05, 3.63) is 60.0 Å². The number of unbranched alkanes of at least 4 members (excludes halogenated alkanes) is 1. The number of hydrogen-bond acceptors (Lipinski definition) is 3. The minimum Gasteiger partial charge on any atom is -0.408 e. The molecule has 3 aromatic rings. The Morgan fingerprint density at radius 2 is 1.74 bits per heavy atom. The van der Waals surface area contributed by atoms with Crippen LogP contribution in [0.4, 0.5) is 14.9 Å². The van der Waals surface area contributed by atoms with Crippen molar-refractivity contribution >= 4 is 28.6 Å². The standard InChI is InChI=1S/C28H36FN3O3/c1-5-9-10-21(6-2)27(33)30-26-23-17-18-32(19-20-11-13-22(29)14-12-20)24(23)15-16-25(26)35-28(34)31(7-3)8-4/h11-18,21H,5-10,19H2,1-4H3,(H,30,33)/t21-/m1/s1. The van der Waals surface area contributed by atoms with Gasteiger partial charge in [-0.15, -0.1) is 0 Å². The van der Waals surface area contributed by atoms with Crippen LogP contribution < -0.4 is 10.1 Å². The fourth-order valence-electron chi connectivity index (χ4n) is 4.23. The van der Waals surface area contributed by atoms with Crippen LogP contribution in [0.3, 0.4) is 0 Å². The first-order valence-electron chi connectivity index (χ1n) is 12.6. The number of halogens is 1. The molecule has 1 aromatic heterocycles. The molecule has 0 radical (unpaired) electrons. The average molecular weight is 482 g/mol. The Balaban J connectivity index is 1.99. The van der Waals surface area contributed by atoms with Gasteiger partial charge < -0.3 is 19.5 Å². The van der Waals surface area contributed by atoms with Crippen LogP contribution in [0.5, 0.6) is 5.75 Å². The molecule has 0 spiro atoms. The third-order valence-corrected chi connectivity index (χ3v) is 6.42. The largest absolute Gasteiger partial charge is 0.415 e. The van der Waals surface area contributed by atoms with Crippen LogP contribution in [0.1, 0.15) is 58.9 Å². The first-order valence-corrected chi connectivity index (χ1v) is 12.6. The van der Waals surface area contributed by atoms with Crippen LogP contribution in [0, 0.1) is 11.7 Å². The SMILES string of the molecule is CCCC[C@@H](CC)C(=O)Nc1c(OC(=O)N(CC)CC)ccc2c1ccn2Cc1ccc(F)cc1. The second-order valence-electron chi connectivity index (χ2n) is 8.72. The van der Waals surface area contributed by atoms with Crippen LogP contribution in [-0.2, 0) is 11.3 Å². The van der Waals surface area contributed by atoms with Crippen molar-refractivity contribution in [2.45, 2.75) is 59.9 Å². The molecule has 7 heteroatoms. The van der Waals surface area contributed by atoms with Crippen LogP contribution in [0.15, 0.2) is 48.7 Å². The lowest BCUT2D eigenvalue weighted by atomic mass is 9.98. The van der Waals surface area contributed by atoms with E-state index in [0.717, 1.165) is 42.1 Å². The van der Waals surface area contributed by atoms with Crippen molar-refractivity contribution in [3.63, 3.8) is 0 Å². The lowest BCUT2D eigenvalue weighted by Crippen LogP contribution is -2.33. The number of anilines is 1. The van der Waals surface area contributed by atoms with Gasteiger partial charge >= 0.3 is 6.09 Å². The van der Waals surface area contributed by atoms with Gasteiger partial charge in [-0.2, -0.15) is 0 Å². The zero-order valence-corrected chi connectivity index (χ0v) is 21.1. The number of rotatable bonds is 11. The highest BCUT2D eigenvalue weighted by molar-refractivity contribution is 6.05. The number of hydrogen-bond donors (Lipinski definition) is 1. The van der Waals surface area contributed by atoms with Gasteiger partial charge in [-0.3, -0.25) is 4.79 Å². The van der Waals surface area contributed by atoms with Gasteiger partial charge in [-0.25, -0.2) is 9.18 Å². The summed E-state index contributed by atoms with van der Waals surface area (Å²) in [5.41, 5.74) is 2.34. The molecule has 0 bridgehead atoms. The van der Waals surface area contributed by atoms with E-state index in [1.165, 1.54) is 12.1 Å². The predicted molar refractivity (Wildman–Crippen MR) is 138 cm³/mol. The van der Waals surface area contributed by atoms with Crippen molar-refractivity contribution in [2.75, 3.05) is 18.4 Å². The molecule has 0 fully saturated rings. The number of carbonyl (C=O) groups excluding carboxylic acids is 2. The summed E-state index contributed by atoms with van der Waals surface area (Å²) in [7, 11) is 0. The van der Waals surface area contributed by atoms with E-state index >= 15 is 0 Å². The van der Waals surface area contributed by atoms with Crippen LogP contribution in [0.2, 0.25) is 0 Å². The summed E-state index contributed by atoms with van der Waals surface area (Å²) in [4.78, 5) is 27.5. The van der Waals surface area contributed by atoms with E-state index in [2.05, 4.69) is 12.2 Å². The van der Waals surface area contributed by atoms with Crippen molar-refractivity contribution in [1.29, 1.82) is 0 Å². The number of benzene rings is 2. The summed E-state index contributed by atoms with van der Waals surface area (Å²) in [6, 6.07) is 11.9. The van der Waals surface area contributed by atoms with E-state index in [0.29, 0.717) is 31.1 Å². The van der Waals surface area contributed by atoms with Crippen LogP contribution >= 0.6 is 0 Å². The van der Waals surface area contributed by atoms with E-state index in [1.807, 2.05) is 43.7 Å². The third kappa shape index (κ3) is 6.41. The number of nitrogens with zero attached hydrogens (tertiary/aromatic N) is 2. The van der Waals surface area contributed by atoms with Gasteiger partial charge in [-0.05, 0) is 62.6 Å². The summed E-state index contributed by atoms with van der Waals surface area (Å²) in [6.45, 7) is 9.52. The third-order valence-electron chi connectivity index (χ3n) is 6.42. The maximum absolute atomic E-state index is 13.3. The van der Waals surface area contributed by atoms with E-state index < -0.39 is 6.09 Å². The number of fused-ring (bicyclic) bond motifs is 1. The van der Waals surface area contributed by atoms with E-state index in [4.69, 9.17) is 4.74 Å². The molecule has 2 aromatic carbocycles. The first-order chi connectivity index (χ1) is 16.9. The predicted octanol–water partition coefficient (Wildman–Crippen LogP) is 6.82. The molecule has 188 valence electrons. The number of amides is 2. The zero-order chi connectivity index (χ0) is 25.4. The Morgan fingerprint density at radius 3 is 2.37 bits per heavy atom. The second-order valence-corrected chi connectivity index (χ2v) is 8.72. The minimum absolute atomic E-state index is 0.0696. The molecule has 0 saturated carbocycles. The number of carbonyl (C=O) groups is 2. The Labute approximate surface area is 207 Å². The van der Waals surface area contributed by atoms with Gasteiger partial charge in [0, 0.05) is 37.1 Å². The minimum atomic E-state index is -0.450. The smallest absolute Gasteiger partial charge is 0.408 e. The molecular formula is C28H36FN3O3. The van der Waals surface area contributed by atoms with E-state index in [9.17, 15) is 14.0 Å². The van der Waals surface area contributed by atoms with Gasteiger partial charge in [0.25, 0.3) is 0 Å². The van der Waals surface area contributed by atoms with Crippen molar-refractivity contribution in [1.82, 2.24) is 9.47 Å². The van der Waals surface area contributed by atoms with Gasteiger partial charge in [0.1, 0.15) is 5.82 Å². The maximum Gasteiger partial charge on any atom is 0.415 e. The molecule has 1 atom stereocenters. The molecule has 1 heterocycles. The van der Waals surface area contributed by atoms with Crippen molar-refractivity contribution in [2.24, 2.45) is 5.92 Å². The Hall–Kier alpha value is -3.35. The summed E-state index contributed by atoms with van der Waals surface area (Å²) in [5, 5.41) is 3.87. The highest BCUT2D eigenvalue weighted by Gasteiger charge is 2.22. The van der Waals surface area contributed by atoms with Gasteiger partial charge in [0.15, 0.2) is 5.75 Å². The van der Waals surface area contributed by atoms with Gasteiger partial charge in [0.05, 0.1) is 11.2 Å². The number of nitrogens with one attached hydrogen (secondary N) is 1. The molecule has 2 amide bonds. The van der Waals surface area contributed by atoms with Crippen LogP contribution in [-0.4, -0.2) is 34.6 Å². The van der Waals surface area contributed by atoms with Crippen molar-refractivity contribution in [3.8, 4) is 5.75 Å². The molecule has 3 rings (SSSR count). The molecular weight excluding hydrogens is 445 g/mol. The maximum atomic E-state index is 13.3. The highest BCUT2D eigenvalue weighted by Crippen LogP contribution is 2.35. The number of aromatic nitrogens is 1. The molecule has 0 aliphatic heterocycles. The van der Waals surface area contributed by atoms with Gasteiger partial charge in [0.2, 0.25) is 5.91 Å². The topological polar surface area (TPSA) is 63.6 Å². The van der Waals surface area contributed by atoms with Crippen molar-refractivity contribution < 1.29 is 18.7 Å². The average Bonchev–Trinajstić information content (AvgIpc) is 3.26. The normalized spacial score (nSPS) is 11.9. The molecule has 6 nitrogen and oxygen atoms in total. The monoisotopic (exact) mass is 481 g/mol. The Kier molecular flexibility index (Phi) is 9.29. The van der Waals surface area contributed by atoms with E-state index in [1.54, 1.807) is 23.1 Å². The fraction of sp³-hybridized carbons (Fsp3) is 0.429. The molecule has 0 aliphatic rings. The van der Waals surface area contributed by atoms with E-state index in [-0.39, 0.29) is 17.6 Å². The molecule has 1 N–H and O–H groups in total. The Morgan fingerprint density at radius 1 is 1.03 bits per heavy atom. The fourth-order valence-corrected chi connectivity index (χ4v) is 4.23. The van der Waals surface area contributed by atoms with Crippen LogP contribution in [0.25, 0.3) is 10.9 Å². The zero-order valence-electron chi connectivity index (χ0n) is 21.1. The molecule has 35 heavy (non-hydrogen) atoms. The summed E-state index contributed by atoms with van der Waals surface area (Å²) in [5.74, 6) is -0.130. The molecule has 0 saturated heterocycles. The Bertz CT molecular complexity index is 1140. The van der Waals surface area contributed by atoms with Gasteiger partial charge in [-0.1, -0.05) is 38.8 Å². The summed E-state index contributed by atoms with van der Waals surface area (Å²) < 4.78 is 21.1. The quantitative estimate of drug-likeness (QED) is 0.327. The first kappa shape index (κ1) is 26.3. The lowest BCUT2D eigenvalue weighted by Gasteiger charge is -2.21. The highest BCUT2D eigenvalue weighted by atomic mass is 19.1.